The first-order valence-corrected chi connectivity index (χ1v) is 11.7. The molecule has 1 amide bonds. The zero-order valence-corrected chi connectivity index (χ0v) is 20.6. The number of hydrogen-bond acceptors (Lipinski definition) is 4. The number of allylic oxidation sites excluding steroid dienone is 1. The highest BCUT2D eigenvalue weighted by atomic mass is 79.9. The molecule has 2 aliphatic rings. The molecule has 0 unspecified atom stereocenters. The molecule has 1 fully saturated rings. The fourth-order valence-electron chi connectivity index (χ4n) is 5.11. The van der Waals surface area contributed by atoms with Crippen LogP contribution in [0.5, 0.6) is 5.75 Å². The Bertz CT molecular complexity index is 1240. The van der Waals surface area contributed by atoms with Gasteiger partial charge < -0.3 is 9.84 Å². The van der Waals surface area contributed by atoms with Gasteiger partial charge in [0.05, 0.1) is 12.1 Å². The van der Waals surface area contributed by atoms with Crippen molar-refractivity contribution < 1.29 is 37.0 Å². The lowest BCUT2D eigenvalue weighted by Crippen LogP contribution is -2.63. The molecule has 0 atom stereocenters. The smallest absolute Gasteiger partial charge is 0.471 e. The van der Waals surface area contributed by atoms with Crippen molar-refractivity contribution >= 4 is 51.2 Å². The predicted octanol–water partition coefficient (Wildman–Crippen LogP) is 6.25. The molecule has 11 heteroatoms. The molecule has 35 heavy (non-hydrogen) atoms. The second kappa shape index (κ2) is 8.81. The van der Waals surface area contributed by atoms with Crippen LogP contribution < -0.4 is 4.90 Å². The van der Waals surface area contributed by atoms with E-state index in [1.54, 1.807) is 12.1 Å². The van der Waals surface area contributed by atoms with Gasteiger partial charge in [0.25, 0.3) is 0 Å². The molecule has 0 saturated heterocycles. The molecule has 2 aromatic carbocycles. The first-order valence-electron chi connectivity index (χ1n) is 10.5. The Hall–Kier alpha value is -2.59. The molecular formula is C24H19BrClF4NO4. The van der Waals surface area contributed by atoms with Crippen molar-refractivity contribution in [3.8, 4) is 5.75 Å². The number of hydrogen-bond donors (Lipinski definition) is 1. The van der Waals surface area contributed by atoms with Gasteiger partial charge in [-0.05, 0) is 73.2 Å². The summed E-state index contributed by atoms with van der Waals surface area (Å²) in [6.45, 7) is 0. The fraction of sp³-hybridized carbons (Fsp3) is 0.333. The molecule has 186 valence electrons. The molecule has 0 heterocycles. The average molecular weight is 577 g/mol. The summed E-state index contributed by atoms with van der Waals surface area (Å²) in [6, 6.07) is 7.52. The van der Waals surface area contributed by atoms with Gasteiger partial charge in [0, 0.05) is 15.6 Å². The predicted molar refractivity (Wildman–Crippen MR) is 125 cm³/mol. The Morgan fingerprint density at radius 3 is 2.34 bits per heavy atom. The van der Waals surface area contributed by atoms with Gasteiger partial charge >= 0.3 is 18.1 Å². The maximum Gasteiger partial charge on any atom is 0.471 e. The summed E-state index contributed by atoms with van der Waals surface area (Å²) in [6.07, 6.45) is -3.55. The average Bonchev–Trinajstić information content (AvgIpc) is 3.07. The number of alkyl halides is 3. The van der Waals surface area contributed by atoms with E-state index in [0.717, 1.165) is 40.9 Å². The van der Waals surface area contributed by atoms with Gasteiger partial charge in [0.1, 0.15) is 17.1 Å². The number of esters is 1. The Morgan fingerprint density at radius 2 is 1.77 bits per heavy atom. The third kappa shape index (κ3) is 4.10. The molecule has 1 spiro atoms. The zero-order valence-electron chi connectivity index (χ0n) is 18.3. The van der Waals surface area contributed by atoms with E-state index in [1.807, 2.05) is 6.08 Å². The molecule has 0 radical (unpaired) electrons. The highest BCUT2D eigenvalue weighted by Gasteiger charge is 2.59. The Labute approximate surface area is 211 Å². The van der Waals surface area contributed by atoms with Crippen molar-refractivity contribution in [1.29, 1.82) is 0 Å². The lowest BCUT2D eigenvalue weighted by atomic mass is 9.64. The van der Waals surface area contributed by atoms with Crippen LogP contribution in [0.2, 0.25) is 5.02 Å². The number of amides is 1. The Kier molecular flexibility index (Phi) is 6.42. The van der Waals surface area contributed by atoms with Crippen LogP contribution in [0.4, 0.5) is 23.2 Å². The molecular weight excluding hydrogens is 558 g/mol. The fourth-order valence-corrected chi connectivity index (χ4v) is 6.14. The van der Waals surface area contributed by atoms with Gasteiger partial charge in [-0.3, -0.25) is 9.69 Å². The highest BCUT2D eigenvalue weighted by molar-refractivity contribution is 9.11. The van der Waals surface area contributed by atoms with Crippen LogP contribution >= 0.6 is 27.5 Å². The highest BCUT2D eigenvalue weighted by Crippen LogP contribution is 2.57. The van der Waals surface area contributed by atoms with Crippen LogP contribution in [0.1, 0.15) is 36.8 Å². The van der Waals surface area contributed by atoms with Crippen molar-refractivity contribution in [3.63, 3.8) is 0 Å². The van der Waals surface area contributed by atoms with Gasteiger partial charge in [0.2, 0.25) is 0 Å². The van der Waals surface area contributed by atoms with E-state index in [0.29, 0.717) is 4.90 Å². The number of ether oxygens (including phenoxy) is 1. The molecule has 2 aromatic rings. The first-order chi connectivity index (χ1) is 16.4. The van der Waals surface area contributed by atoms with Gasteiger partial charge in [-0.15, -0.1) is 0 Å². The van der Waals surface area contributed by atoms with E-state index >= 15 is 0 Å². The van der Waals surface area contributed by atoms with Crippen molar-refractivity contribution in [1.82, 2.24) is 0 Å². The summed E-state index contributed by atoms with van der Waals surface area (Å²) in [7, 11) is 1.03. The summed E-state index contributed by atoms with van der Waals surface area (Å²) in [5.74, 6) is -4.18. The number of methoxy groups -OCH3 is 1. The third-order valence-electron chi connectivity index (χ3n) is 6.82. The van der Waals surface area contributed by atoms with E-state index in [-0.39, 0.29) is 37.1 Å². The van der Waals surface area contributed by atoms with E-state index in [2.05, 4.69) is 15.9 Å². The number of halogens is 6. The minimum atomic E-state index is -5.33. The number of phenolic OH excluding ortho intramolecular Hbond substituents is 1. The number of benzene rings is 2. The lowest BCUT2D eigenvalue weighted by molar-refractivity contribution is -0.174. The van der Waals surface area contributed by atoms with E-state index < -0.39 is 39.8 Å². The van der Waals surface area contributed by atoms with E-state index in [4.69, 9.17) is 16.3 Å². The van der Waals surface area contributed by atoms with Crippen LogP contribution in [-0.2, 0) is 19.7 Å². The topological polar surface area (TPSA) is 66.8 Å². The van der Waals surface area contributed by atoms with Gasteiger partial charge in [-0.2, -0.15) is 13.2 Å². The molecule has 5 nitrogen and oxygen atoms in total. The van der Waals surface area contributed by atoms with Gasteiger partial charge in [0.15, 0.2) is 0 Å². The maximum atomic E-state index is 13.8. The maximum absolute atomic E-state index is 13.8. The Balaban J connectivity index is 1.83. The first kappa shape index (κ1) is 25.5. The number of carbonyl (C=O) groups excluding carboxylic acids is 2. The summed E-state index contributed by atoms with van der Waals surface area (Å²) in [4.78, 5) is 26.2. The summed E-state index contributed by atoms with van der Waals surface area (Å²) < 4.78 is 60.7. The minimum absolute atomic E-state index is 0.0263. The van der Waals surface area contributed by atoms with Crippen molar-refractivity contribution in [2.75, 3.05) is 12.0 Å². The van der Waals surface area contributed by atoms with Crippen molar-refractivity contribution in [3.05, 3.63) is 62.8 Å². The minimum Gasteiger partial charge on any atom is -0.508 e. The van der Waals surface area contributed by atoms with Crippen LogP contribution in [0, 0.1) is 5.82 Å². The van der Waals surface area contributed by atoms with Crippen LogP contribution in [0.3, 0.4) is 0 Å². The van der Waals surface area contributed by atoms with Crippen molar-refractivity contribution in [2.45, 2.75) is 42.8 Å². The van der Waals surface area contributed by atoms with Gasteiger partial charge in [-0.1, -0.05) is 33.6 Å². The second-order valence-electron chi connectivity index (χ2n) is 8.61. The number of rotatable bonds is 3. The number of carbonyl (C=O) groups is 2. The second-order valence-corrected chi connectivity index (χ2v) is 9.87. The molecule has 4 rings (SSSR count). The van der Waals surface area contributed by atoms with Gasteiger partial charge in [-0.25, -0.2) is 9.18 Å². The van der Waals surface area contributed by atoms with Crippen molar-refractivity contribution in [2.24, 2.45) is 0 Å². The zero-order chi connectivity index (χ0) is 25.8. The number of phenols is 1. The quantitative estimate of drug-likeness (QED) is 0.346. The Morgan fingerprint density at radius 1 is 1.11 bits per heavy atom. The van der Waals surface area contributed by atoms with E-state index in [9.17, 15) is 32.3 Å². The molecule has 1 saturated carbocycles. The molecule has 0 bridgehead atoms. The summed E-state index contributed by atoms with van der Waals surface area (Å²) in [5.41, 5.74) is -1.52. The van der Waals surface area contributed by atoms with Crippen LogP contribution in [-0.4, -0.2) is 35.8 Å². The monoisotopic (exact) mass is 575 g/mol. The standard InChI is InChI=1S/C24H19BrClF4NO4/c1-35-21(34)23(31(20(33)24(28,29)30)14-3-5-18(27)17(26)11-14)8-6-22(7-9-23)16-12-15(32)4-2-13(16)10-19(22)25/h2-5,10-12,32H,6-9H2,1H3. The molecule has 2 aliphatic carbocycles. The number of aromatic hydroxyl groups is 1. The number of anilines is 1. The summed E-state index contributed by atoms with van der Waals surface area (Å²) >= 11 is 9.37. The van der Waals surface area contributed by atoms with Crippen LogP contribution in [0.15, 0.2) is 40.9 Å². The summed E-state index contributed by atoms with van der Waals surface area (Å²) in [5, 5.41) is 9.54. The number of fused-ring (bicyclic) bond motifs is 2. The lowest BCUT2D eigenvalue weighted by Gasteiger charge is -2.49. The number of nitrogens with zero attached hydrogens (tertiary/aromatic N) is 1. The van der Waals surface area contributed by atoms with Crippen LogP contribution in [0.25, 0.3) is 6.08 Å². The SMILES string of the molecule is COC(=O)C1(N(C(=O)C(F)(F)F)c2ccc(F)c(Cl)c2)CCC2(CC1)C(Br)=Cc1ccc(O)cc12. The van der Waals surface area contributed by atoms with E-state index in [1.165, 1.54) is 6.07 Å². The third-order valence-corrected chi connectivity index (χ3v) is 8.10. The molecule has 0 aliphatic heterocycles. The molecule has 0 aromatic heterocycles. The normalized spacial score (nSPS) is 23.6. The molecule has 1 N–H and O–H groups in total. The largest absolute Gasteiger partial charge is 0.508 e.